The first-order chi connectivity index (χ1) is 19.4. The van der Waals surface area contributed by atoms with E-state index < -0.39 is 21.5 Å². The number of hydrogen-bond donors (Lipinski definition) is 1. The molecule has 9 nitrogen and oxygen atoms in total. The summed E-state index contributed by atoms with van der Waals surface area (Å²) < 4.78 is 83.5. The zero-order valence-corrected chi connectivity index (χ0v) is 22.6. The number of hydrogen-bond acceptors (Lipinski definition) is 7. The number of anilines is 4. The Bertz CT molecular complexity index is 1760. The first kappa shape index (κ1) is 28.1. The van der Waals surface area contributed by atoms with Crippen LogP contribution in [0.25, 0.3) is 10.8 Å². The first-order valence-corrected chi connectivity index (χ1v) is 13.8. The molecule has 214 valence electrons. The van der Waals surface area contributed by atoms with Crippen molar-refractivity contribution >= 4 is 49.7 Å². The summed E-state index contributed by atoms with van der Waals surface area (Å²) in [5.74, 6) is -0.0792. The average Bonchev–Trinajstić information content (AvgIpc) is 3.01. The molecule has 0 spiro atoms. The molecule has 0 unspecified atom stereocenters. The van der Waals surface area contributed by atoms with Crippen LogP contribution in [0.3, 0.4) is 0 Å². The number of halogens is 4. The lowest BCUT2D eigenvalue weighted by Gasteiger charge is -2.22. The SMILES string of the molecule is CCN1c2ncc(CCOc3ccc(NS(=O)(=O)C(F)(F)F)c4ccccc34)cc2C(=O)N(C)c2ccc(F)nc21. The van der Waals surface area contributed by atoms with E-state index in [0.717, 1.165) is 0 Å². The summed E-state index contributed by atoms with van der Waals surface area (Å²) in [6.45, 7) is 2.34. The van der Waals surface area contributed by atoms with Gasteiger partial charge in [0.1, 0.15) is 11.6 Å². The maximum absolute atomic E-state index is 14.0. The van der Waals surface area contributed by atoms with Gasteiger partial charge in [0.2, 0.25) is 5.95 Å². The van der Waals surface area contributed by atoms with E-state index in [1.807, 2.05) is 6.92 Å². The highest BCUT2D eigenvalue weighted by atomic mass is 32.2. The molecule has 1 aliphatic rings. The Hall–Kier alpha value is -4.46. The van der Waals surface area contributed by atoms with Crippen LogP contribution in [0, 0.1) is 5.95 Å². The van der Waals surface area contributed by atoms with Gasteiger partial charge in [0.05, 0.1) is 23.5 Å². The Morgan fingerprint density at radius 2 is 1.76 bits per heavy atom. The number of aromatic nitrogens is 2. The summed E-state index contributed by atoms with van der Waals surface area (Å²) >= 11 is 0. The summed E-state index contributed by atoms with van der Waals surface area (Å²) in [5.41, 5.74) is -4.29. The van der Waals surface area contributed by atoms with Gasteiger partial charge in [-0.25, -0.2) is 4.98 Å². The van der Waals surface area contributed by atoms with Gasteiger partial charge in [-0.3, -0.25) is 9.52 Å². The molecule has 5 rings (SSSR count). The van der Waals surface area contributed by atoms with Crippen LogP contribution < -0.4 is 19.3 Å². The fourth-order valence-corrected chi connectivity index (χ4v) is 5.13. The lowest BCUT2D eigenvalue weighted by molar-refractivity contribution is -0.0429. The van der Waals surface area contributed by atoms with Gasteiger partial charge < -0.3 is 14.5 Å². The molecule has 1 amide bonds. The van der Waals surface area contributed by atoms with Crippen LogP contribution in [0.4, 0.5) is 40.6 Å². The van der Waals surface area contributed by atoms with Crippen molar-refractivity contribution in [1.29, 1.82) is 0 Å². The van der Waals surface area contributed by atoms with Crippen LogP contribution in [0.15, 0.2) is 60.8 Å². The van der Waals surface area contributed by atoms with Crippen molar-refractivity contribution in [1.82, 2.24) is 9.97 Å². The number of carbonyl (C=O) groups is 1. The van der Waals surface area contributed by atoms with Gasteiger partial charge in [0, 0.05) is 37.0 Å². The Morgan fingerprint density at radius 1 is 1.02 bits per heavy atom. The maximum Gasteiger partial charge on any atom is 0.516 e. The molecule has 0 atom stereocenters. The molecule has 0 aliphatic carbocycles. The zero-order valence-electron chi connectivity index (χ0n) is 21.7. The molecule has 41 heavy (non-hydrogen) atoms. The topological polar surface area (TPSA) is 105 Å². The third-order valence-electron chi connectivity index (χ3n) is 6.55. The van der Waals surface area contributed by atoms with Crippen LogP contribution in [0.1, 0.15) is 22.8 Å². The fraction of sp³-hybridized carbons (Fsp3) is 0.222. The highest BCUT2D eigenvalue weighted by Gasteiger charge is 2.46. The standard InChI is InChI=1S/C27H23F4N5O4S/c1-3-36-24-19(26(37)35(2)21-9-11-23(28)33-25(21)36)14-16(15-32-24)12-13-40-22-10-8-20(17-6-4-5-7-18(17)22)34-41(38,39)27(29,30)31/h4-11,14-15,34H,3,12-13H2,1-2H3. The first-order valence-electron chi connectivity index (χ1n) is 12.4. The third kappa shape index (κ3) is 5.22. The van der Waals surface area contributed by atoms with Crippen molar-refractivity contribution in [3.05, 3.63) is 77.9 Å². The van der Waals surface area contributed by atoms with Crippen LogP contribution in [-0.2, 0) is 16.4 Å². The second-order valence-corrected chi connectivity index (χ2v) is 10.8. The molecule has 0 bridgehead atoms. The van der Waals surface area contributed by atoms with Gasteiger partial charge in [-0.2, -0.15) is 31.0 Å². The van der Waals surface area contributed by atoms with Gasteiger partial charge in [0.15, 0.2) is 5.82 Å². The van der Waals surface area contributed by atoms with E-state index in [-0.39, 0.29) is 29.4 Å². The van der Waals surface area contributed by atoms with Crippen molar-refractivity contribution < 1.29 is 35.5 Å². The molecular weight excluding hydrogens is 566 g/mol. The molecule has 3 heterocycles. The minimum Gasteiger partial charge on any atom is -0.493 e. The smallest absolute Gasteiger partial charge is 0.493 e. The normalized spacial score (nSPS) is 13.6. The van der Waals surface area contributed by atoms with Crippen LogP contribution in [0.2, 0.25) is 0 Å². The largest absolute Gasteiger partial charge is 0.516 e. The molecule has 1 N–H and O–H groups in total. The molecule has 1 aliphatic heterocycles. The monoisotopic (exact) mass is 589 g/mol. The number of rotatable bonds is 7. The van der Waals surface area contributed by atoms with E-state index in [4.69, 9.17) is 4.74 Å². The van der Waals surface area contributed by atoms with E-state index in [1.165, 1.54) is 35.2 Å². The highest BCUT2D eigenvalue weighted by Crippen LogP contribution is 2.38. The fourth-order valence-electron chi connectivity index (χ4n) is 4.55. The summed E-state index contributed by atoms with van der Waals surface area (Å²) in [7, 11) is -4.03. The number of benzene rings is 2. The minimum atomic E-state index is -5.61. The highest BCUT2D eigenvalue weighted by molar-refractivity contribution is 7.93. The molecular formula is C27H23F4N5O4S. The molecule has 0 saturated heterocycles. The van der Waals surface area contributed by atoms with E-state index >= 15 is 0 Å². The molecule has 0 saturated carbocycles. The minimum absolute atomic E-state index is 0.118. The number of nitrogens with zero attached hydrogens (tertiary/aromatic N) is 4. The van der Waals surface area contributed by atoms with Gasteiger partial charge >= 0.3 is 15.5 Å². The van der Waals surface area contributed by atoms with Gasteiger partial charge in [-0.05, 0) is 42.8 Å². The van der Waals surface area contributed by atoms with Gasteiger partial charge in [0.25, 0.3) is 5.91 Å². The lowest BCUT2D eigenvalue weighted by atomic mass is 10.1. The number of nitrogens with one attached hydrogen (secondary N) is 1. The lowest BCUT2D eigenvalue weighted by Crippen LogP contribution is -2.30. The van der Waals surface area contributed by atoms with Gasteiger partial charge in [-0.1, -0.05) is 24.3 Å². The Labute approximate surface area is 232 Å². The predicted octanol–water partition coefficient (Wildman–Crippen LogP) is 5.40. The number of ether oxygens (including phenoxy) is 1. The predicted molar refractivity (Wildman–Crippen MR) is 146 cm³/mol. The van der Waals surface area contributed by atoms with Crippen LogP contribution in [0.5, 0.6) is 5.75 Å². The average molecular weight is 590 g/mol. The van der Waals surface area contributed by atoms with Crippen molar-refractivity contribution in [3.63, 3.8) is 0 Å². The van der Waals surface area contributed by atoms with Crippen LogP contribution in [-0.4, -0.2) is 50.0 Å². The summed E-state index contributed by atoms with van der Waals surface area (Å²) in [6.07, 6.45) is 1.90. The number of amides is 1. The maximum atomic E-state index is 14.0. The number of carbonyl (C=O) groups excluding carboxylic acids is 1. The zero-order chi connectivity index (χ0) is 29.5. The number of sulfonamides is 1. The third-order valence-corrected chi connectivity index (χ3v) is 7.65. The van der Waals surface area contributed by atoms with E-state index in [9.17, 15) is 30.8 Å². The van der Waals surface area contributed by atoms with Crippen molar-refractivity contribution in [2.75, 3.05) is 34.7 Å². The number of pyridine rings is 2. The summed E-state index contributed by atoms with van der Waals surface area (Å²) in [4.78, 5) is 24.8. The quantitative estimate of drug-likeness (QED) is 0.227. The Morgan fingerprint density at radius 3 is 2.46 bits per heavy atom. The van der Waals surface area contributed by atoms with Crippen LogP contribution >= 0.6 is 0 Å². The molecule has 4 aromatic rings. The van der Waals surface area contributed by atoms with E-state index in [2.05, 4.69) is 9.97 Å². The number of fused-ring (bicyclic) bond motifs is 3. The second-order valence-electron chi connectivity index (χ2n) is 9.11. The summed E-state index contributed by atoms with van der Waals surface area (Å²) in [5, 5.41) is 0.630. The van der Waals surface area contributed by atoms with Crippen molar-refractivity contribution in [2.24, 2.45) is 0 Å². The number of alkyl halides is 3. The van der Waals surface area contributed by atoms with E-state index in [0.29, 0.717) is 46.7 Å². The van der Waals surface area contributed by atoms with Gasteiger partial charge in [-0.15, -0.1) is 0 Å². The molecule has 2 aromatic heterocycles. The second kappa shape index (κ2) is 10.5. The van der Waals surface area contributed by atoms with Crippen molar-refractivity contribution in [2.45, 2.75) is 18.9 Å². The van der Waals surface area contributed by atoms with Crippen molar-refractivity contribution in [3.8, 4) is 5.75 Å². The molecule has 0 radical (unpaired) electrons. The Balaban J connectivity index is 1.38. The summed E-state index contributed by atoms with van der Waals surface area (Å²) in [6, 6.07) is 13.2. The molecule has 14 heteroatoms. The Kier molecular flexibility index (Phi) is 7.19. The molecule has 2 aromatic carbocycles. The molecule has 0 fully saturated rings. The van der Waals surface area contributed by atoms with E-state index in [1.54, 1.807) is 47.1 Å².